The van der Waals surface area contributed by atoms with Crippen LogP contribution in [0.3, 0.4) is 0 Å². The molecule has 2 unspecified atom stereocenters. The molecule has 0 fully saturated rings. The first-order valence-electron chi connectivity index (χ1n) is 19.9. The van der Waals surface area contributed by atoms with Crippen molar-refractivity contribution < 1.29 is 22.9 Å². The van der Waals surface area contributed by atoms with Gasteiger partial charge in [-0.2, -0.15) is 8.42 Å². The number of hydrogen-bond acceptors (Lipinski definition) is 4. The molecule has 7 heteroatoms. The number of aliphatic hydroxyl groups excluding tert-OH is 1. The van der Waals surface area contributed by atoms with Gasteiger partial charge in [-0.25, -0.2) is 0 Å². The monoisotopic (exact) mass is 672 g/mol. The third-order valence-corrected chi connectivity index (χ3v) is 9.99. The van der Waals surface area contributed by atoms with Gasteiger partial charge in [0.05, 0.1) is 17.9 Å². The molecule has 0 bridgehead atoms. The van der Waals surface area contributed by atoms with Crippen molar-refractivity contribution in [2.24, 2.45) is 0 Å². The fraction of sp³-hybridized carbons (Fsp3) is 0.923. The molecule has 274 valence electrons. The highest BCUT2D eigenvalue weighted by molar-refractivity contribution is 7.85. The summed E-state index contributed by atoms with van der Waals surface area (Å²) in [6, 6.07) is -1.05. The summed E-state index contributed by atoms with van der Waals surface area (Å²) in [4.78, 5) is 12.5. The summed E-state index contributed by atoms with van der Waals surface area (Å²) < 4.78 is 32.4. The maximum Gasteiger partial charge on any atom is 0.267 e. The van der Waals surface area contributed by atoms with Crippen LogP contribution in [0.4, 0.5) is 0 Å². The Kier molecular flexibility index (Phi) is 33.3. The average Bonchev–Trinajstić information content (AvgIpc) is 3.01. The zero-order valence-corrected chi connectivity index (χ0v) is 31.3. The van der Waals surface area contributed by atoms with Gasteiger partial charge in [0.2, 0.25) is 5.91 Å². The summed E-state index contributed by atoms with van der Waals surface area (Å²) in [5, 5.41) is 13.2. The lowest BCUT2D eigenvalue weighted by atomic mass is 10.0. The molecule has 0 radical (unpaired) electrons. The maximum absolute atomic E-state index is 12.5. The Bertz CT molecular complexity index is 785. The summed E-state index contributed by atoms with van der Waals surface area (Å²) in [6.07, 6.45) is 40.5. The number of amides is 1. The van der Waals surface area contributed by atoms with Crippen molar-refractivity contribution in [1.82, 2.24) is 5.32 Å². The second-order valence-electron chi connectivity index (χ2n) is 13.9. The van der Waals surface area contributed by atoms with Crippen molar-refractivity contribution in [3.8, 4) is 0 Å². The number of nitrogens with one attached hydrogen (secondary N) is 1. The van der Waals surface area contributed by atoms with Crippen LogP contribution in [0.15, 0.2) is 12.2 Å². The van der Waals surface area contributed by atoms with Crippen LogP contribution < -0.4 is 5.32 Å². The summed E-state index contributed by atoms with van der Waals surface area (Å²) in [5.74, 6) is -0.968. The normalized spacial score (nSPS) is 13.4. The van der Waals surface area contributed by atoms with Gasteiger partial charge in [-0.05, 0) is 19.3 Å². The van der Waals surface area contributed by atoms with Gasteiger partial charge in [-0.1, -0.05) is 199 Å². The topological polar surface area (TPSA) is 104 Å². The van der Waals surface area contributed by atoms with E-state index in [2.05, 4.69) is 19.2 Å². The number of rotatable bonds is 36. The van der Waals surface area contributed by atoms with Crippen LogP contribution in [0.1, 0.15) is 213 Å². The van der Waals surface area contributed by atoms with Gasteiger partial charge in [-0.3, -0.25) is 9.35 Å². The Labute approximate surface area is 286 Å². The Morgan fingerprint density at radius 1 is 0.565 bits per heavy atom. The molecule has 0 aromatic carbocycles. The van der Waals surface area contributed by atoms with Crippen LogP contribution in [0.2, 0.25) is 0 Å². The van der Waals surface area contributed by atoms with E-state index in [1.54, 1.807) is 6.08 Å². The Morgan fingerprint density at radius 2 is 0.891 bits per heavy atom. The number of allylic oxidation sites excluding steroid dienone is 1. The zero-order valence-electron chi connectivity index (χ0n) is 30.5. The molecule has 0 rings (SSSR count). The van der Waals surface area contributed by atoms with Crippen molar-refractivity contribution in [1.29, 1.82) is 0 Å². The van der Waals surface area contributed by atoms with Crippen LogP contribution in [-0.4, -0.2) is 41.9 Å². The van der Waals surface area contributed by atoms with Crippen LogP contribution in [0, 0.1) is 0 Å². The molecule has 6 nitrogen and oxygen atoms in total. The third kappa shape index (κ3) is 34.4. The van der Waals surface area contributed by atoms with Crippen molar-refractivity contribution in [3.05, 3.63) is 12.2 Å². The van der Waals surface area contributed by atoms with E-state index in [9.17, 15) is 22.9 Å². The van der Waals surface area contributed by atoms with Crippen LogP contribution >= 0.6 is 0 Å². The van der Waals surface area contributed by atoms with E-state index in [1.165, 1.54) is 154 Å². The van der Waals surface area contributed by atoms with Crippen LogP contribution in [-0.2, 0) is 14.9 Å². The van der Waals surface area contributed by atoms with Gasteiger partial charge >= 0.3 is 0 Å². The predicted octanol–water partition coefficient (Wildman–Crippen LogP) is 11.4. The van der Waals surface area contributed by atoms with Crippen LogP contribution in [0.5, 0.6) is 0 Å². The zero-order chi connectivity index (χ0) is 34.0. The number of carbonyl (C=O) groups is 1. The Balaban J connectivity index is 3.86. The molecule has 2 atom stereocenters. The molecule has 0 saturated heterocycles. The molecule has 3 N–H and O–H groups in total. The van der Waals surface area contributed by atoms with E-state index in [0.717, 1.165) is 38.5 Å². The Hall–Kier alpha value is -0.920. The van der Waals surface area contributed by atoms with E-state index in [-0.39, 0.29) is 5.91 Å². The molecule has 0 aliphatic carbocycles. The van der Waals surface area contributed by atoms with Gasteiger partial charge in [-0.15, -0.1) is 0 Å². The summed E-state index contributed by atoms with van der Waals surface area (Å²) in [5.41, 5.74) is 0. The smallest absolute Gasteiger partial charge is 0.267 e. The van der Waals surface area contributed by atoms with Crippen molar-refractivity contribution >= 4 is 16.0 Å². The van der Waals surface area contributed by atoms with Gasteiger partial charge in [0.15, 0.2) is 0 Å². The standard InChI is InChI=1S/C39H77NO5S/c1-3-5-7-9-11-13-15-17-18-19-20-21-22-23-25-27-29-31-33-35-39(42)40-37(36-46(43,44)45)38(41)34-32-30-28-26-24-16-14-12-10-8-6-4-2/h32,34,37-38,41H,3-31,33,35-36H2,1-2H3,(H,40,42)(H,43,44,45)/b34-32+. The van der Waals surface area contributed by atoms with E-state index in [4.69, 9.17) is 0 Å². The summed E-state index contributed by atoms with van der Waals surface area (Å²) in [6.45, 7) is 4.51. The molecule has 46 heavy (non-hydrogen) atoms. The lowest BCUT2D eigenvalue weighted by molar-refractivity contribution is -0.122. The highest BCUT2D eigenvalue weighted by Crippen LogP contribution is 2.15. The summed E-state index contributed by atoms with van der Waals surface area (Å²) in [7, 11) is -4.33. The van der Waals surface area contributed by atoms with Crippen LogP contribution in [0.25, 0.3) is 0 Å². The maximum atomic E-state index is 12.5. The predicted molar refractivity (Wildman–Crippen MR) is 198 cm³/mol. The van der Waals surface area contributed by atoms with Gasteiger partial charge in [0.1, 0.15) is 0 Å². The SMILES string of the molecule is CCCCCCCCCCCC/C=C/C(O)C(CS(=O)(=O)O)NC(=O)CCCCCCCCCCCCCCCCCCCCC. The number of hydrogen-bond donors (Lipinski definition) is 3. The third-order valence-electron chi connectivity index (χ3n) is 9.21. The lowest BCUT2D eigenvalue weighted by Gasteiger charge is -2.21. The van der Waals surface area contributed by atoms with E-state index in [1.807, 2.05) is 6.08 Å². The second-order valence-corrected chi connectivity index (χ2v) is 15.4. The number of unbranched alkanes of at least 4 members (excludes halogenated alkanes) is 28. The Morgan fingerprint density at radius 3 is 1.24 bits per heavy atom. The quantitative estimate of drug-likeness (QED) is 0.0349. The molecule has 0 aromatic heterocycles. The molecule has 0 aliphatic rings. The highest BCUT2D eigenvalue weighted by atomic mass is 32.2. The van der Waals surface area contributed by atoms with E-state index < -0.39 is 28.0 Å². The molecule has 0 saturated carbocycles. The first-order valence-corrected chi connectivity index (χ1v) is 21.5. The first-order chi connectivity index (χ1) is 22.3. The largest absolute Gasteiger partial charge is 0.387 e. The highest BCUT2D eigenvalue weighted by Gasteiger charge is 2.24. The molecule has 0 spiro atoms. The molecule has 0 aliphatic heterocycles. The minimum absolute atomic E-state index is 0.275. The molecule has 0 heterocycles. The molecular formula is C39H77NO5S. The number of carbonyl (C=O) groups excluding carboxylic acids is 1. The lowest BCUT2D eigenvalue weighted by Crippen LogP contribution is -2.46. The van der Waals surface area contributed by atoms with Gasteiger partial charge in [0.25, 0.3) is 10.1 Å². The fourth-order valence-electron chi connectivity index (χ4n) is 6.21. The van der Waals surface area contributed by atoms with Gasteiger partial charge in [0, 0.05) is 6.42 Å². The van der Waals surface area contributed by atoms with Crippen molar-refractivity contribution in [2.45, 2.75) is 225 Å². The molecule has 0 aromatic rings. The average molecular weight is 672 g/mol. The van der Waals surface area contributed by atoms with Gasteiger partial charge < -0.3 is 10.4 Å². The second kappa shape index (κ2) is 34.0. The first kappa shape index (κ1) is 45.1. The number of aliphatic hydroxyl groups is 1. The molecular weight excluding hydrogens is 594 g/mol. The van der Waals surface area contributed by atoms with Crippen molar-refractivity contribution in [3.63, 3.8) is 0 Å². The van der Waals surface area contributed by atoms with E-state index >= 15 is 0 Å². The van der Waals surface area contributed by atoms with E-state index in [0.29, 0.717) is 6.42 Å². The van der Waals surface area contributed by atoms with Crippen molar-refractivity contribution in [2.75, 3.05) is 5.75 Å². The minimum Gasteiger partial charge on any atom is -0.387 e. The fourth-order valence-corrected chi connectivity index (χ4v) is 6.95. The molecule has 1 amide bonds. The summed E-state index contributed by atoms with van der Waals surface area (Å²) >= 11 is 0. The minimum atomic E-state index is -4.33.